The van der Waals surface area contributed by atoms with Crippen molar-refractivity contribution in [3.05, 3.63) is 58.7 Å². The van der Waals surface area contributed by atoms with E-state index in [0.717, 1.165) is 28.5 Å². The van der Waals surface area contributed by atoms with Crippen LogP contribution in [0.2, 0.25) is 0 Å². The monoisotopic (exact) mass is 422 g/mol. The van der Waals surface area contributed by atoms with Crippen LogP contribution in [0, 0.1) is 20.8 Å². The third-order valence-electron chi connectivity index (χ3n) is 4.23. The first-order valence-electron chi connectivity index (χ1n) is 8.52. The zero-order valence-electron chi connectivity index (χ0n) is 15.8. The van der Waals surface area contributed by atoms with Gasteiger partial charge in [-0.25, -0.2) is 0 Å². The summed E-state index contributed by atoms with van der Waals surface area (Å²) in [5, 5.41) is 11.7. The SMILES string of the molecule is Cc1cc(C)c(C(=O)CSc2nnnn2-c2ccc(OC(F)(F)F)cc2)cc1C. The number of carbonyl (C=O) groups excluding carboxylic acids is 1. The van der Waals surface area contributed by atoms with Crippen LogP contribution in [-0.2, 0) is 0 Å². The van der Waals surface area contributed by atoms with E-state index < -0.39 is 6.36 Å². The third kappa shape index (κ3) is 5.14. The van der Waals surface area contributed by atoms with Gasteiger partial charge in [-0.05, 0) is 78.2 Å². The van der Waals surface area contributed by atoms with Crippen LogP contribution in [0.25, 0.3) is 5.69 Å². The number of ketones is 1. The number of Topliss-reactive ketones (excluding diaryl/α,β-unsaturated/α-hetero) is 1. The number of aryl methyl sites for hydroxylation is 3. The Morgan fingerprint density at radius 3 is 2.38 bits per heavy atom. The molecule has 0 atom stereocenters. The van der Waals surface area contributed by atoms with Crippen LogP contribution in [-0.4, -0.2) is 38.1 Å². The second-order valence-electron chi connectivity index (χ2n) is 6.38. The van der Waals surface area contributed by atoms with Crippen LogP contribution in [0.5, 0.6) is 5.75 Å². The first kappa shape index (κ1) is 20.8. The highest BCUT2D eigenvalue weighted by Gasteiger charge is 2.31. The molecule has 0 aliphatic carbocycles. The van der Waals surface area contributed by atoms with E-state index in [9.17, 15) is 18.0 Å². The van der Waals surface area contributed by atoms with E-state index in [0.29, 0.717) is 16.4 Å². The number of thioether (sulfide) groups is 1. The predicted octanol–water partition coefficient (Wildman–Crippen LogP) is 4.46. The Balaban J connectivity index is 1.72. The Hall–Kier alpha value is -2.88. The molecule has 0 saturated heterocycles. The van der Waals surface area contributed by atoms with Crippen LogP contribution in [0.4, 0.5) is 13.2 Å². The number of carbonyl (C=O) groups is 1. The van der Waals surface area contributed by atoms with Crippen molar-refractivity contribution < 1.29 is 22.7 Å². The van der Waals surface area contributed by atoms with E-state index in [4.69, 9.17) is 0 Å². The normalized spacial score (nSPS) is 11.5. The molecule has 3 aromatic rings. The molecule has 6 nitrogen and oxygen atoms in total. The van der Waals surface area contributed by atoms with Gasteiger partial charge in [0.25, 0.3) is 0 Å². The smallest absolute Gasteiger partial charge is 0.406 e. The number of ether oxygens (including phenoxy) is 1. The molecule has 0 spiro atoms. The lowest BCUT2D eigenvalue weighted by molar-refractivity contribution is -0.274. The molecule has 0 saturated carbocycles. The summed E-state index contributed by atoms with van der Waals surface area (Å²) in [6.45, 7) is 5.83. The number of halogens is 3. The standard InChI is InChI=1S/C19H17F3N4O2S/c1-11-8-13(3)16(9-12(11)2)17(27)10-29-18-23-24-25-26(18)14-4-6-15(7-5-14)28-19(20,21)22/h4-9H,10H2,1-3H3. The van der Waals surface area contributed by atoms with Gasteiger partial charge in [0.2, 0.25) is 5.16 Å². The molecule has 0 N–H and O–H groups in total. The number of rotatable bonds is 6. The number of tetrazole rings is 1. The van der Waals surface area contributed by atoms with E-state index in [1.165, 1.54) is 28.9 Å². The number of hydrogen-bond donors (Lipinski definition) is 0. The van der Waals surface area contributed by atoms with Crippen molar-refractivity contribution in [1.29, 1.82) is 0 Å². The topological polar surface area (TPSA) is 69.9 Å². The number of nitrogens with zero attached hydrogens (tertiary/aromatic N) is 4. The average molecular weight is 422 g/mol. The maximum absolute atomic E-state index is 12.6. The number of alkyl halides is 3. The van der Waals surface area contributed by atoms with Crippen molar-refractivity contribution in [2.75, 3.05) is 5.75 Å². The summed E-state index contributed by atoms with van der Waals surface area (Å²) in [6, 6.07) is 8.98. The van der Waals surface area contributed by atoms with E-state index in [1.54, 1.807) is 0 Å². The molecule has 3 rings (SSSR count). The fourth-order valence-electron chi connectivity index (χ4n) is 2.69. The van der Waals surface area contributed by atoms with Crippen LogP contribution in [0.15, 0.2) is 41.6 Å². The van der Waals surface area contributed by atoms with Gasteiger partial charge in [0.05, 0.1) is 11.4 Å². The molecule has 0 unspecified atom stereocenters. The Morgan fingerprint density at radius 1 is 1.07 bits per heavy atom. The minimum Gasteiger partial charge on any atom is -0.406 e. The molecule has 1 heterocycles. The maximum Gasteiger partial charge on any atom is 0.573 e. The summed E-state index contributed by atoms with van der Waals surface area (Å²) in [7, 11) is 0. The van der Waals surface area contributed by atoms with Crippen LogP contribution in [0.1, 0.15) is 27.0 Å². The van der Waals surface area contributed by atoms with Gasteiger partial charge in [0, 0.05) is 5.56 Å². The van der Waals surface area contributed by atoms with Crippen molar-refractivity contribution in [2.24, 2.45) is 0 Å². The van der Waals surface area contributed by atoms with Gasteiger partial charge in [-0.2, -0.15) is 4.68 Å². The Kier molecular flexibility index (Phi) is 5.92. The fourth-order valence-corrected chi connectivity index (χ4v) is 3.46. The minimum absolute atomic E-state index is 0.0564. The quantitative estimate of drug-likeness (QED) is 0.432. The Morgan fingerprint density at radius 2 is 1.72 bits per heavy atom. The van der Waals surface area contributed by atoms with Crippen LogP contribution < -0.4 is 4.74 Å². The summed E-state index contributed by atoms with van der Waals surface area (Å²) in [5.41, 5.74) is 4.15. The van der Waals surface area contributed by atoms with Crippen molar-refractivity contribution in [3.8, 4) is 11.4 Å². The summed E-state index contributed by atoms with van der Waals surface area (Å²) in [4.78, 5) is 12.6. The minimum atomic E-state index is -4.76. The van der Waals surface area contributed by atoms with E-state index in [2.05, 4.69) is 20.3 Å². The van der Waals surface area contributed by atoms with Gasteiger partial charge in [-0.15, -0.1) is 18.3 Å². The fraction of sp³-hybridized carbons (Fsp3) is 0.263. The highest BCUT2D eigenvalue weighted by atomic mass is 32.2. The van der Waals surface area contributed by atoms with Crippen LogP contribution in [0.3, 0.4) is 0 Å². The van der Waals surface area contributed by atoms with E-state index in [1.807, 2.05) is 32.9 Å². The molecule has 29 heavy (non-hydrogen) atoms. The zero-order valence-corrected chi connectivity index (χ0v) is 16.6. The molecule has 10 heteroatoms. The molecule has 152 valence electrons. The molecule has 0 radical (unpaired) electrons. The average Bonchev–Trinajstić information content (AvgIpc) is 3.10. The zero-order chi connectivity index (χ0) is 21.2. The lowest BCUT2D eigenvalue weighted by Crippen LogP contribution is -2.17. The maximum atomic E-state index is 12.6. The van der Waals surface area contributed by atoms with Gasteiger partial charge < -0.3 is 4.74 Å². The highest BCUT2D eigenvalue weighted by Crippen LogP contribution is 2.25. The molecule has 0 aliphatic heterocycles. The van der Waals surface area contributed by atoms with Gasteiger partial charge in [0.1, 0.15) is 5.75 Å². The van der Waals surface area contributed by atoms with Gasteiger partial charge in [0.15, 0.2) is 5.78 Å². The van der Waals surface area contributed by atoms with E-state index >= 15 is 0 Å². The van der Waals surface area contributed by atoms with Crippen molar-refractivity contribution in [2.45, 2.75) is 32.3 Å². The van der Waals surface area contributed by atoms with Crippen LogP contribution >= 0.6 is 11.8 Å². The summed E-state index contributed by atoms with van der Waals surface area (Å²) < 4.78 is 42.0. The van der Waals surface area contributed by atoms with Crippen molar-refractivity contribution in [1.82, 2.24) is 20.2 Å². The molecule has 2 aromatic carbocycles. The highest BCUT2D eigenvalue weighted by molar-refractivity contribution is 7.99. The van der Waals surface area contributed by atoms with Gasteiger partial charge >= 0.3 is 6.36 Å². The molecule has 1 aromatic heterocycles. The summed E-state index contributed by atoms with van der Waals surface area (Å²) in [6.07, 6.45) is -4.76. The third-order valence-corrected chi connectivity index (χ3v) is 5.15. The largest absolute Gasteiger partial charge is 0.573 e. The number of benzene rings is 2. The Bertz CT molecular complexity index is 1030. The van der Waals surface area contributed by atoms with E-state index in [-0.39, 0.29) is 17.3 Å². The molecular weight excluding hydrogens is 405 g/mol. The molecule has 0 fully saturated rings. The number of aromatic nitrogens is 4. The lowest BCUT2D eigenvalue weighted by Gasteiger charge is -2.10. The van der Waals surface area contributed by atoms with Gasteiger partial charge in [-0.3, -0.25) is 4.79 Å². The second-order valence-corrected chi connectivity index (χ2v) is 7.32. The first-order valence-corrected chi connectivity index (χ1v) is 9.51. The Labute approximate surface area is 169 Å². The van der Waals surface area contributed by atoms with Crippen molar-refractivity contribution in [3.63, 3.8) is 0 Å². The second kappa shape index (κ2) is 8.24. The summed E-state index contributed by atoms with van der Waals surface area (Å²) >= 11 is 1.15. The predicted molar refractivity (Wildman–Crippen MR) is 102 cm³/mol. The number of hydrogen-bond acceptors (Lipinski definition) is 6. The van der Waals surface area contributed by atoms with Gasteiger partial charge in [-0.1, -0.05) is 17.8 Å². The first-order chi connectivity index (χ1) is 13.6. The summed E-state index contributed by atoms with van der Waals surface area (Å²) in [5.74, 6) is -0.276. The molecule has 0 amide bonds. The van der Waals surface area contributed by atoms with Crippen molar-refractivity contribution >= 4 is 17.5 Å². The molecule has 0 aliphatic rings. The molecule has 0 bridgehead atoms. The molecular formula is C19H17F3N4O2S. The lowest BCUT2D eigenvalue weighted by atomic mass is 9.99.